The Kier molecular flexibility index (Phi) is 1.36. The molecule has 0 aromatic carbocycles. The molecule has 3 nitrogen and oxygen atoms in total. The third-order valence-corrected chi connectivity index (χ3v) is 4.11. The molecule has 1 aliphatic heterocycles. The first-order valence-corrected chi connectivity index (χ1v) is 5.31. The second-order valence-corrected chi connectivity index (χ2v) is 4.81. The van der Waals surface area contributed by atoms with E-state index in [2.05, 4.69) is 4.90 Å². The van der Waals surface area contributed by atoms with Gasteiger partial charge in [0.25, 0.3) is 0 Å². The number of amides is 1. The van der Waals surface area contributed by atoms with Gasteiger partial charge in [-0.1, -0.05) is 12.8 Å². The Hall–Kier alpha value is -0.570. The summed E-state index contributed by atoms with van der Waals surface area (Å²) >= 11 is 0. The summed E-state index contributed by atoms with van der Waals surface area (Å²) < 4.78 is 0. The zero-order valence-corrected chi connectivity index (χ0v) is 7.83. The van der Waals surface area contributed by atoms with E-state index in [1.807, 2.05) is 0 Å². The normalized spacial score (nSPS) is 48.4. The molecule has 2 N–H and O–H groups in total. The number of carbonyl (C=O) groups excluding carboxylic acids is 1. The fourth-order valence-electron chi connectivity index (χ4n) is 3.19. The van der Waals surface area contributed by atoms with Crippen molar-refractivity contribution < 1.29 is 4.79 Å². The standard InChI is InChI=1S/C10H16N2O/c11-8-6-12(9(8)13)10-4-2-1-3-7(10)5-10/h7-8H,1-6,11H2. The molecule has 1 heterocycles. The summed E-state index contributed by atoms with van der Waals surface area (Å²) in [4.78, 5) is 13.6. The van der Waals surface area contributed by atoms with Gasteiger partial charge in [0.05, 0.1) is 0 Å². The molecule has 3 rings (SSSR count). The van der Waals surface area contributed by atoms with Crippen molar-refractivity contribution in [3.8, 4) is 0 Å². The van der Waals surface area contributed by atoms with Gasteiger partial charge in [-0.05, 0) is 25.2 Å². The minimum Gasteiger partial charge on any atom is -0.333 e. The number of likely N-dealkylation sites (tertiary alicyclic amines) is 1. The SMILES string of the molecule is NC1CN(C23CCCCC2C3)C1=O. The van der Waals surface area contributed by atoms with E-state index in [9.17, 15) is 4.79 Å². The molecule has 13 heavy (non-hydrogen) atoms. The summed E-state index contributed by atoms with van der Waals surface area (Å²) in [5.74, 6) is 1.02. The van der Waals surface area contributed by atoms with Gasteiger partial charge in [-0.15, -0.1) is 0 Å². The highest BCUT2D eigenvalue weighted by molar-refractivity contribution is 5.89. The lowest BCUT2D eigenvalue weighted by molar-refractivity contribution is -0.148. The van der Waals surface area contributed by atoms with Crippen LogP contribution >= 0.6 is 0 Å². The molecule has 0 spiro atoms. The van der Waals surface area contributed by atoms with Crippen LogP contribution in [0, 0.1) is 5.92 Å². The molecule has 0 aromatic heterocycles. The first-order valence-electron chi connectivity index (χ1n) is 5.31. The largest absolute Gasteiger partial charge is 0.333 e. The summed E-state index contributed by atoms with van der Waals surface area (Å²) in [7, 11) is 0. The van der Waals surface area contributed by atoms with Crippen molar-refractivity contribution in [3.05, 3.63) is 0 Å². The highest BCUT2D eigenvalue weighted by Gasteiger charge is 2.62. The van der Waals surface area contributed by atoms with E-state index in [-0.39, 0.29) is 11.9 Å². The maximum atomic E-state index is 11.5. The quantitative estimate of drug-likeness (QED) is 0.597. The number of nitrogens with zero attached hydrogens (tertiary/aromatic N) is 1. The average Bonchev–Trinajstić information content (AvgIpc) is 2.88. The van der Waals surface area contributed by atoms with Crippen molar-refractivity contribution in [2.24, 2.45) is 11.7 Å². The van der Waals surface area contributed by atoms with Crippen LogP contribution in [-0.4, -0.2) is 28.9 Å². The van der Waals surface area contributed by atoms with E-state index in [0.29, 0.717) is 5.54 Å². The molecular formula is C10H16N2O. The zero-order chi connectivity index (χ0) is 9.05. The third kappa shape index (κ3) is 0.857. The molecule has 0 aromatic rings. The van der Waals surface area contributed by atoms with Gasteiger partial charge >= 0.3 is 0 Å². The Labute approximate surface area is 78.3 Å². The number of β-lactam (4-membered cyclic amide) rings is 1. The molecule has 1 saturated heterocycles. The Morgan fingerprint density at radius 1 is 1.46 bits per heavy atom. The number of fused-ring (bicyclic) bond motifs is 1. The van der Waals surface area contributed by atoms with Crippen LogP contribution in [0.25, 0.3) is 0 Å². The zero-order valence-electron chi connectivity index (χ0n) is 7.83. The maximum absolute atomic E-state index is 11.5. The number of hydrogen-bond donors (Lipinski definition) is 1. The number of carbonyl (C=O) groups is 1. The second-order valence-electron chi connectivity index (χ2n) is 4.81. The van der Waals surface area contributed by atoms with Crippen LogP contribution in [0.5, 0.6) is 0 Å². The smallest absolute Gasteiger partial charge is 0.241 e. The lowest BCUT2D eigenvalue weighted by Gasteiger charge is -2.44. The third-order valence-electron chi connectivity index (χ3n) is 4.11. The van der Waals surface area contributed by atoms with Gasteiger partial charge < -0.3 is 10.6 Å². The van der Waals surface area contributed by atoms with E-state index in [1.165, 1.54) is 32.1 Å². The second kappa shape index (κ2) is 2.27. The minimum atomic E-state index is -0.183. The van der Waals surface area contributed by atoms with Crippen LogP contribution in [0.3, 0.4) is 0 Å². The molecule has 72 valence electrons. The molecule has 3 unspecified atom stereocenters. The van der Waals surface area contributed by atoms with Gasteiger partial charge in [0.2, 0.25) is 5.91 Å². The van der Waals surface area contributed by atoms with Crippen molar-refractivity contribution in [1.29, 1.82) is 0 Å². The van der Waals surface area contributed by atoms with Crippen LogP contribution in [0.2, 0.25) is 0 Å². The van der Waals surface area contributed by atoms with Crippen LogP contribution in [0.15, 0.2) is 0 Å². The number of rotatable bonds is 1. The molecule has 2 aliphatic carbocycles. The maximum Gasteiger partial charge on any atom is 0.241 e. The Bertz CT molecular complexity index is 266. The van der Waals surface area contributed by atoms with Crippen LogP contribution in [0.1, 0.15) is 32.1 Å². The summed E-state index contributed by atoms with van der Waals surface area (Å²) in [6.45, 7) is 0.815. The van der Waals surface area contributed by atoms with E-state index < -0.39 is 0 Å². The summed E-state index contributed by atoms with van der Waals surface area (Å²) in [5.41, 5.74) is 5.90. The summed E-state index contributed by atoms with van der Waals surface area (Å²) in [6.07, 6.45) is 6.48. The monoisotopic (exact) mass is 180 g/mol. The van der Waals surface area contributed by atoms with Gasteiger partial charge in [0, 0.05) is 12.1 Å². The van der Waals surface area contributed by atoms with E-state index >= 15 is 0 Å². The van der Waals surface area contributed by atoms with E-state index in [0.717, 1.165) is 12.5 Å². The van der Waals surface area contributed by atoms with Crippen molar-refractivity contribution in [2.75, 3.05) is 6.54 Å². The first-order chi connectivity index (χ1) is 6.24. The van der Waals surface area contributed by atoms with Crippen molar-refractivity contribution in [2.45, 2.75) is 43.7 Å². The van der Waals surface area contributed by atoms with E-state index in [4.69, 9.17) is 5.73 Å². The Morgan fingerprint density at radius 3 is 2.92 bits per heavy atom. The molecule has 1 amide bonds. The van der Waals surface area contributed by atoms with Crippen LogP contribution in [-0.2, 0) is 4.79 Å². The van der Waals surface area contributed by atoms with Gasteiger partial charge in [-0.25, -0.2) is 0 Å². The molecule has 0 radical (unpaired) electrons. The van der Waals surface area contributed by atoms with Gasteiger partial charge in [0.1, 0.15) is 6.04 Å². The highest BCUT2D eigenvalue weighted by Crippen LogP contribution is 2.58. The van der Waals surface area contributed by atoms with Crippen LogP contribution in [0.4, 0.5) is 0 Å². The minimum absolute atomic E-state index is 0.183. The average molecular weight is 180 g/mol. The molecular weight excluding hydrogens is 164 g/mol. The lowest BCUT2D eigenvalue weighted by Crippen LogP contribution is -2.65. The molecule has 3 atom stereocenters. The number of hydrogen-bond acceptors (Lipinski definition) is 2. The molecule has 2 saturated carbocycles. The van der Waals surface area contributed by atoms with E-state index in [1.54, 1.807) is 0 Å². The topological polar surface area (TPSA) is 46.3 Å². The van der Waals surface area contributed by atoms with Gasteiger partial charge in [-0.3, -0.25) is 4.79 Å². The first kappa shape index (κ1) is 7.80. The van der Waals surface area contributed by atoms with Crippen molar-refractivity contribution >= 4 is 5.91 Å². The molecule has 3 fully saturated rings. The van der Waals surface area contributed by atoms with Crippen molar-refractivity contribution in [1.82, 2.24) is 4.90 Å². The van der Waals surface area contributed by atoms with Gasteiger partial charge in [0.15, 0.2) is 0 Å². The fraction of sp³-hybridized carbons (Fsp3) is 0.900. The van der Waals surface area contributed by atoms with Crippen molar-refractivity contribution in [3.63, 3.8) is 0 Å². The summed E-state index contributed by atoms with van der Waals surface area (Å²) in [5, 5.41) is 0. The predicted molar refractivity (Wildman–Crippen MR) is 49.0 cm³/mol. The molecule has 0 bridgehead atoms. The molecule has 3 aliphatic rings. The lowest BCUT2D eigenvalue weighted by atomic mass is 9.90. The Morgan fingerprint density at radius 2 is 2.31 bits per heavy atom. The predicted octanol–water partition coefficient (Wildman–Crippen LogP) is 0.489. The van der Waals surface area contributed by atoms with Gasteiger partial charge in [-0.2, -0.15) is 0 Å². The summed E-state index contributed by atoms with van der Waals surface area (Å²) in [6, 6.07) is -0.183. The fourth-order valence-corrected chi connectivity index (χ4v) is 3.19. The van der Waals surface area contributed by atoms with Crippen LogP contribution < -0.4 is 5.73 Å². The molecule has 3 heteroatoms. The Balaban J connectivity index is 1.76. The number of nitrogens with two attached hydrogens (primary N) is 1. The highest BCUT2D eigenvalue weighted by atomic mass is 16.2.